The first-order valence-electron chi connectivity index (χ1n) is 3.46. The second-order valence-electron chi connectivity index (χ2n) is 2.52. The highest BCUT2D eigenvalue weighted by Crippen LogP contribution is 2.22. The maximum Gasteiger partial charge on any atom is 0.357 e. The van der Waals surface area contributed by atoms with Crippen molar-refractivity contribution in [2.24, 2.45) is 0 Å². The molecule has 3 nitrogen and oxygen atoms in total. The van der Waals surface area contributed by atoms with Gasteiger partial charge in [-0.3, -0.25) is 4.55 Å². The Hall–Kier alpha value is -0.870. The van der Waals surface area contributed by atoms with E-state index in [1.807, 2.05) is 32.0 Å². The fourth-order valence-corrected chi connectivity index (χ4v) is 1.41. The van der Waals surface area contributed by atoms with E-state index in [-0.39, 0.29) is 0 Å². The molecule has 1 unspecified atom stereocenters. The molecule has 66 valence electrons. The summed E-state index contributed by atoms with van der Waals surface area (Å²) in [5, 5.41) is 0. The van der Waals surface area contributed by atoms with Gasteiger partial charge in [0.2, 0.25) is 0 Å². The Labute approximate surface area is 73.9 Å². The highest BCUT2D eigenvalue weighted by molar-refractivity contribution is 7.74. The maximum atomic E-state index is 10.4. The van der Waals surface area contributed by atoms with E-state index in [1.165, 1.54) is 0 Å². The lowest BCUT2D eigenvalue weighted by atomic mass is 10.1. The van der Waals surface area contributed by atoms with Crippen molar-refractivity contribution < 1.29 is 12.9 Å². The summed E-state index contributed by atoms with van der Waals surface area (Å²) in [4.78, 5) is 0. The van der Waals surface area contributed by atoms with E-state index in [1.54, 1.807) is 0 Å². The summed E-state index contributed by atoms with van der Waals surface area (Å²) >= 11 is -2.24. The predicted octanol–water partition coefficient (Wildman–Crippen LogP) is 1.82. The summed E-state index contributed by atoms with van der Waals surface area (Å²) in [5.41, 5.74) is 1.72. The lowest BCUT2D eigenvalue weighted by molar-refractivity contribution is 0.455. The SMILES string of the molecule is Cc1cccc(C)c1OS(=O)O. The van der Waals surface area contributed by atoms with E-state index in [0.29, 0.717) is 5.75 Å². The third kappa shape index (κ3) is 2.06. The minimum atomic E-state index is -2.24. The molecule has 0 amide bonds. The van der Waals surface area contributed by atoms with E-state index in [4.69, 9.17) is 8.74 Å². The van der Waals surface area contributed by atoms with Crippen molar-refractivity contribution in [3.63, 3.8) is 0 Å². The second-order valence-corrected chi connectivity index (χ2v) is 3.12. The standard InChI is InChI=1S/C8H10O3S/c1-6-4-3-5-7(2)8(6)11-12(9)10/h3-5H,1-2H3,(H,9,10). The van der Waals surface area contributed by atoms with E-state index < -0.39 is 11.4 Å². The van der Waals surface area contributed by atoms with Crippen molar-refractivity contribution >= 4 is 11.4 Å². The first-order chi connectivity index (χ1) is 5.61. The molecule has 0 bridgehead atoms. The van der Waals surface area contributed by atoms with Crippen LogP contribution in [-0.2, 0) is 11.4 Å². The lowest BCUT2D eigenvalue weighted by Gasteiger charge is -2.06. The van der Waals surface area contributed by atoms with Gasteiger partial charge in [0.15, 0.2) is 0 Å². The van der Waals surface area contributed by atoms with E-state index in [2.05, 4.69) is 0 Å². The van der Waals surface area contributed by atoms with E-state index in [9.17, 15) is 4.21 Å². The zero-order valence-electron chi connectivity index (χ0n) is 6.90. The van der Waals surface area contributed by atoms with E-state index in [0.717, 1.165) is 11.1 Å². The van der Waals surface area contributed by atoms with Gasteiger partial charge < -0.3 is 4.18 Å². The highest BCUT2D eigenvalue weighted by Gasteiger charge is 2.05. The number of hydrogen-bond acceptors (Lipinski definition) is 2. The monoisotopic (exact) mass is 186 g/mol. The average Bonchev–Trinajstić information content (AvgIpc) is 1.97. The number of hydrogen-bond donors (Lipinski definition) is 1. The molecule has 0 heterocycles. The molecule has 1 aromatic carbocycles. The molecule has 1 rings (SSSR count). The summed E-state index contributed by atoms with van der Waals surface area (Å²) in [7, 11) is 0. The normalized spacial score (nSPS) is 12.6. The smallest absolute Gasteiger partial charge is 0.357 e. The zero-order chi connectivity index (χ0) is 9.14. The van der Waals surface area contributed by atoms with Gasteiger partial charge in [-0.1, -0.05) is 18.2 Å². The molecule has 4 heteroatoms. The zero-order valence-corrected chi connectivity index (χ0v) is 7.72. The molecule has 0 saturated heterocycles. The average molecular weight is 186 g/mol. The van der Waals surface area contributed by atoms with Gasteiger partial charge in [0, 0.05) is 0 Å². The first-order valence-corrected chi connectivity index (χ1v) is 4.50. The Bertz CT molecular complexity index is 289. The highest BCUT2D eigenvalue weighted by atomic mass is 32.2. The van der Waals surface area contributed by atoms with Gasteiger partial charge in [0.05, 0.1) is 0 Å². The summed E-state index contributed by atoms with van der Waals surface area (Å²) in [5.74, 6) is 0.485. The molecule has 12 heavy (non-hydrogen) atoms. The largest absolute Gasteiger partial charge is 0.380 e. The van der Waals surface area contributed by atoms with Gasteiger partial charge >= 0.3 is 11.4 Å². The van der Waals surface area contributed by atoms with Crippen LogP contribution < -0.4 is 4.18 Å². The third-order valence-corrected chi connectivity index (χ3v) is 1.87. The Morgan fingerprint density at radius 2 is 1.83 bits per heavy atom. The van der Waals surface area contributed by atoms with Crippen LogP contribution in [-0.4, -0.2) is 8.76 Å². The van der Waals surface area contributed by atoms with Gasteiger partial charge in [0.25, 0.3) is 0 Å². The van der Waals surface area contributed by atoms with Crippen molar-refractivity contribution in [3.05, 3.63) is 29.3 Å². The van der Waals surface area contributed by atoms with Gasteiger partial charge in [-0.15, -0.1) is 0 Å². The van der Waals surface area contributed by atoms with Crippen molar-refractivity contribution in [1.82, 2.24) is 0 Å². The van der Waals surface area contributed by atoms with Gasteiger partial charge in [0.1, 0.15) is 5.75 Å². The number of para-hydroxylation sites is 1. The maximum absolute atomic E-state index is 10.4. The number of rotatable bonds is 2. The molecule has 0 fully saturated rings. The molecular weight excluding hydrogens is 176 g/mol. The second kappa shape index (κ2) is 3.69. The molecule has 1 aromatic rings. The molecule has 0 aliphatic rings. The molecule has 0 radical (unpaired) electrons. The van der Waals surface area contributed by atoms with Crippen molar-refractivity contribution in [2.75, 3.05) is 0 Å². The number of benzene rings is 1. The van der Waals surface area contributed by atoms with Crippen LogP contribution in [0.3, 0.4) is 0 Å². The molecule has 0 aliphatic carbocycles. The quantitative estimate of drug-likeness (QED) is 0.716. The van der Waals surface area contributed by atoms with Crippen molar-refractivity contribution in [3.8, 4) is 5.75 Å². The lowest BCUT2D eigenvalue weighted by Crippen LogP contribution is -2.00. The number of aryl methyl sites for hydroxylation is 2. The molecule has 1 atom stereocenters. The van der Waals surface area contributed by atoms with E-state index >= 15 is 0 Å². The first kappa shape index (κ1) is 9.22. The van der Waals surface area contributed by atoms with Crippen LogP contribution in [0.4, 0.5) is 0 Å². The molecule has 0 aromatic heterocycles. The van der Waals surface area contributed by atoms with Crippen LogP contribution in [0, 0.1) is 13.8 Å². The molecule has 0 spiro atoms. The third-order valence-electron chi connectivity index (χ3n) is 1.56. The van der Waals surface area contributed by atoms with Crippen molar-refractivity contribution in [1.29, 1.82) is 0 Å². The fourth-order valence-electron chi connectivity index (χ4n) is 1.00. The topological polar surface area (TPSA) is 46.5 Å². The van der Waals surface area contributed by atoms with Crippen LogP contribution >= 0.6 is 0 Å². The Morgan fingerprint density at radius 3 is 2.25 bits per heavy atom. The fraction of sp³-hybridized carbons (Fsp3) is 0.250. The van der Waals surface area contributed by atoms with Crippen LogP contribution in [0.5, 0.6) is 5.75 Å². The summed E-state index contributed by atoms with van der Waals surface area (Å²) < 4.78 is 23.6. The predicted molar refractivity (Wildman–Crippen MR) is 47.3 cm³/mol. The van der Waals surface area contributed by atoms with Gasteiger partial charge in [-0.05, 0) is 25.0 Å². The van der Waals surface area contributed by atoms with Crippen molar-refractivity contribution in [2.45, 2.75) is 13.8 Å². The minimum absolute atomic E-state index is 0.485. The summed E-state index contributed by atoms with van der Waals surface area (Å²) in [6.07, 6.45) is 0. The summed E-state index contributed by atoms with van der Waals surface area (Å²) in [6, 6.07) is 5.53. The van der Waals surface area contributed by atoms with Gasteiger partial charge in [-0.2, -0.15) is 4.21 Å². The van der Waals surface area contributed by atoms with Crippen LogP contribution in [0.1, 0.15) is 11.1 Å². The Morgan fingerprint density at radius 1 is 1.33 bits per heavy atom. The Balaban J connectivity index is 3.04. The summed E-state index contributed by atoms with van der Waals surface area (Å²) in [6.45, 7) is 3.66. The van der Waals surface area contributed by atoms with Crippen LogP contribution in [0.15, 0.2) is 18.2 Å². The van der Waals surface area contributed by atoms with Crippen LogP contribution in [0.2, 0.25) is 0 Å². The molecule has 1 N–H and O–H groups in total. The Kier molecular flexibility index (Phi) is 2.83. The molecule has 0 aliphatic heterocycles. The minimum Gasteiger partial charge on any atom is -0.380 e. The van der Waals surface area contributed by atoms with Gasteiger partial charge in [-0.25, -0.2) is 0 Å². The van der Waals surface area contributed by atoms with Crippen LogP contribution in [0.25, 0.3) is 0 Å². The molecular formula is C8H10O3S. The molecule has 0 saturated carbocycles.